The van der Waals surface area contributed by atoms with Crippen LogP contribution in [-0.4, -0.2) is 12.5 Å². The first-order chi connectivity index (χ1) is 4.22. The molecule has 0 atom stereocenters. The number of carbonyl (C=O) groups is 1. The van der Waals surface area contributed by atoms with Crippen molar-refractivity contribution in [3.63, 3.8) is 0 Å². The zero-order chi connectivity index (χ0) is 6.85. The minimum atomic E-state index is 0.102. The average molecular weight is 125 g/mol. The van der Waals surface area contributed by atoms with E-state index in [2.05, 4.69) is 5.32 Å². The van der Waals surface area contributed by atoms with Gasteiger partial charge in [-0.1, -0.05) is 19.9 Å². The lowest BCUT2D eigenvalue weighted by Gasteiger charge is -2.01. The molecule has 1 aliphatic rings. The standard InChI is InChI=1S/C7H11NO/c1-5(2)6-3-4-8-7(6)9/h3,5H,4H2,1-2H3,(H,8,9). The van der Waals surface area contributed by atoms with Crippen LogP contribution in [0.2, 0.25) is 0 Å². The van der Waals surface area contributed by atoms with E-state index in [-0.39, 0.29) is 5.91 Å². The van der Waals surface area contributed by atoms with Crippen LogP contribution >= 0.6 is 0 Å². The van der Waals surface area contributed by atoms with Crippen molar-refractivity contribution in [3.05, 3.63) is 11.6 Å². The Morgan fingerprint density at radius 3 is 2.56 bits per heavy atom. The summed E-state index contributed by atoms with van der Waals surface area (Å²) in [4.78, 5) is 10.8. The molecule has 1 amide bonds. The number of amides is 1. The Morgan fingerprint density at radius 1 is 1.67 bits per heavy atom. The summed E-state index contributed by atoms with van der Waals surface area (Å²) >= 11 is 0. The molecule has 9 heavy (non-hydrogen) atoms. The maximum absolute atomic E-state index is 10.8. The van der Waals surface area contributed by atoms with E-state index in [4.69, 9.17) is 0 Å². The molecular formula is C7H11NO. The third-order valence-corrected chi connectivity index (χ3v) is 1.47. The highest BCUT2D eigenvalue weighted by molar-refractivity contribution is 5.96. The molecule has 0 unspecified atom stereocenters. The van der Waals surface area contributed by atoms with Crippen LogP contribution < -0.4 is 5.32 Å². The molecule has 1 heterocycles. The normalized spacial score (nSPS) is 18.1. The van der Waals surface area contributed by atoms with Crippen molar-refractivity contribution >= 4 is 5.91 Å². The fraction of sp³-hybridized carbons (Fsp3) is 0.571. The summed E-state index contributed by atoms with van der Waals surface area (Å²) in [6.07, 6.45) is 1.95. The molecule has 1 aliphatic heterocycles. The van der Waals surface area contributed by atoms with Gasteiger partial charge < -0.3 is 5.32 Å². The highest BCUT2D eigenvalue weighted by Crippen LogP contribution is 2.11. The number of rotatable bonds is 1. The van der Waals surface area contributed by atoms with Gasteiger partial charge >= 0.3 is 0 Å². The molecule has 0 saturated carbocycles. The minimum absolute atomic E-state index is 0.102. The number of hydrogen-bond acceptors (Lipinski definition) is 1. The number of nitrogens with one attached hydrogen (secondary N) is 1. The van der Waals surface area contributed by atoms with Crippen LogP contribution in [0.4, 0.5) is 0 Å². The van der Waals surface area contributed by atoms with E-state index in [0.717, 1.165) is 5.57 Å². The van der Waals surface area contributed by atoms with Crippen LogP contribution in [0.1, 0.15) is 13.8 Å². The molecular weight excluding hydrogens is 114 g/mol. The molecule has 1 rings (SSSR count). The lowest BCUT2D eigenvalue weighted by Crippen LogP contribution is -2.19. The van der Waals surface area contributed by atoms with Crippen LogP contribution in [0.5, 0.6) is 0 Å². The molecule has 2 nitrogen and oxygen atoms in total. The van der Waals surface area contributed by atoms with Crippen molar-refractivity contribution < 1.29 is 4.79 Å². The molecule has 0 fully saturated rings. The second-order valence-electron chi connectivity index (χ2n) is 2.52. The Hall–Kier alpha value is -0.790. The molecule has 0 aliphatic carbocycles. The zero-order valence-corrected chi connectivity index (χ0v) is 5.77. The Bertz CT molecular complexity index is 158. The fourth-order valence-corrected chi connectivity index (χ4v) is 0.946. The summed E-state index contributed by atoms with van der Waals surface area (Å²) in [5, 5.41) is 2.72. The molecule has 0 aromatic carbocycles. The van der Waals surface area contributed by atoms with Gasteiger partial charge in [-0.25, -0.2) is 0 Å². The van der Waals surface area contributed by atoms with Crippen LogP contribution in [0.25, 0.3) is 0 Å². The van der Waals surface area contributed by atoms with E-state index in [1.54, 1.807) is 0 Å². The average Bonchev–Trinajstić information content (AvgIpc) is 2.13. The summed E-state index contributed by atoms with van der Waals surface area (Å²) in [6.45, 7) is 4.76. The molecule has 0 aromatic heterocycles. The van der Waals surface area contributed by atoms with E-state index in [1.807, 2.05) is 19.9 Å². The smallest absolute Gasteiger partial charge is 0.247 e. The van der Waals surface area contributed by atoms with Gasteiger partial charge in [-0.3, -0.25) is 4.79 Å². The van der Waals surface area contributed by atoms with Crippen LogP contribution in [0.3, 0.4) is 0 Å². The second-order valence-corrected chi connectivity index (χ2v) is 2.52. The third kappa shape index (κ3) is 1.12. The molecule has 0 radical (unpaired) electrons. The van der Waals surface area contributed by atoms with E-state index in [0.29, 0.717) is 12.5 Å². The van der Waals surface area contributed by atoms with Gasteiger partial charge in [-0.15, -0.1) is 0 Å². The first-order valence-electron chi connectivity index (χ1n) is 3.20. The van der Waals surface area contributed by atoms with Gasteiger partial charge in [0.05, 0.1) is 0 Å². The van der Waals surface area contributed by atoms with Crippen LogP contribution in [0.15, 0.2) is 11.6 Å². The number of hydrogen-bond donors (Lipinski definition) is 1. The predicted octanol–water partition coefficient (Wildman–Crippen LogP) is 0.699. The summed E-state index contributed by atoms with van der Waals surface area (Å²) in [5.74, 6) is 0.470. The van der Waals surface area contributed by atoms with Crippen molar-refractivity contribution in [1.29, 1.82) is 0 Å². The summed E-state index contributed by atoms with van der Waals surface area (Å²) in [5.41, 5.74) is 0.926. The van der Waals surface area contributed by atoms with Gasteiger partial charge in [-0.2, -0.15) is 0 Å². The first kappa shape index (κ1) is 6.33. The van der Waals surface area contributed by atoms with Crippen LogP contribution in [-0.2, 0) is 4.79 Å². The van der Waals surface area contributed by atoms with Crippen molar-refractivity contribution in [3.8, 4) is 0 Å². The molecule has 2 heteroatoms. The van der Waals surface area contributed by atoms with E-state index < -0.39 is 0 Å². The predicted molar refractivity (Wildman–Crippen MR) is 35.9 cm³/mol. The molecule has 0 bridgehead atoms. The van der Waals surface area contributed by atoms with Gasteiger partial charge in [0, 0.05) is 12.1 Å². The Kier molecular flexibility index (Phi) is 1.56. The van der Waals surface area contributed by atoms with Gasteiger partial charge in [0.2, 0.25) is 5.91 Å². The summed E-state index contributed by atoms with van der Waals surface area (Å²) in [6, 6.07) is 0. The minimum Gasteiger partial charge on any atom is -0.349 e. The highest BCUT2D eigenvalue weighted by atomic mass is 16.1. The van der Waals surface area contributed by atoms with Crippen molar-refractivity contribution in [1.82, 2.24) is 5.32 Å². The highest BCUT2D eigenvalue weighted by Gasteiger charge is 2.16. The Morgan fingerprint density at radius 2 is 2.33 bits per heavy atom. The number of carbonyl (C=O) groups excluding carboxylic acids is 1. The monoisotopic (exact) mass is 125 g/mol. The van der Waals surface area contributed by atoms with E-state index in [1.165, 1.54) is 0 Å². The molecule has 0 aromatic rings. The molecule has 1 N–H and O–H groups in total. The quantitative estimate of drug-likeness (QED) is 0.549. The topological polar surface area (TPSA) is 29.1 Å². The van der Waals surface area contributed by atoms with Crippen molar-refractivity contribution in [2.75, 3.05) is 6.54 Å². The lowest BCUT2D eigenvalue weighted by molar-refractivity contribution is -0.117. The van der Waals surface area contributed by atoms with Crippen molar-refractivity contribution in [2.45, 2.75) is 13.8 Å². The maximum atomic E-state index is 10.8. The van der Waals surface area contributed by atoms with Gasteiger partial charge in [0.25, 0.3) is 0 Å². The summed E-state index contributed by atoms with van der Waals surface area (Å²) in [7, 11) is 0. The molecule has 0 saturated heterocycles. The Labute approximate surface area is 54.9 Å². The summed E-state index contributed by atoms with van der Waals surface area (Å²) < 4.78 is 0. The fourth-order valence-electron chi connectivity index (χ4n) is 0.946. The SMILES string of the molecule is CC(C)C1=CCNC1=O. The maximum Gasteiger partial charge on any atom is 0.247 e. The zero-order valence-electron chi connectivity index (χ0n) is 5.77. The van der Waals surface area contributed by atoms with Gasteiger partial charge in [0.1, 0.15) is 0 Å². The Balaban J connectivity index is 2.68. The largest absolute Gasteiger partial charge is 0.349 e. The van der Waals surface area contributed by atoms with E-state index in [9.17, 15) is 4.79 Å². The van der Waals surface area contributed by atoms with Gasteiger partial charge in [0.15, 0.2) is 0 Å². The van der Waals surface area contributed by atoms with Gasteiger partial charge in [-0.05, 0) is 5.92 Å². The second kappa shape index (κ2) is 2.21. The lowest BCUT2D eigenvalue weighted by atomic mass is 10.0. The van der Waals surface area contributed by atoms with E-state index >= 15 is 0 Å². The first-order valence-corrected chi connectivity index (χ1v) is 3.20. The van der Waals surface area contributed by atoms with Crippen LogP contribution in [0, 0.1) is 5.92 Å². The third-order valence-electron chi connectivity index (χ3n) is 1.47. The molecule has 50 valence electrons. The van der Waals surface area contributed by atoms with Crippen molar-refractivity contribution in [2.24, 2.45) is 5.92 Å². The molecule has 0 spiro atoms.